The van der Waals surface area contributed by atoms with Crippen molar-refractivity contribution in [2.24, 2.45) is 0 Å². The first-order chi connectivity index (χ1) is 7.04. The Bertz CT molecular complexity index is 404. The molecule has 0 spiro atoms. The van der Waals surface area contributed by atoms with Gasteiger partial charge in [0.05, 0.1) is 18.4 Å². The third-order valence-electron chi connectivity index (χ3n) is 1.70. The van der Waals surface area contributed by atoms with Gasteiger partial charge in [-0.2, -0.15) is 0 Å². The van der Waals surface area contributed by atoms with Crippen molar-refractivity contribution < 1.29 is 14.3 Å². The predicted molar refractivity (Wildman–Crippen MR) is 64.8 cm³/mol. The van der Waals surface area contributed by atoms with Crippen LogP contribution in [0.25, 0.3) is 0 Å². The summed E-state index contributed by atoms with van der Waals surface area (Å²) in [5.41, 5.74) is 0.828. The van der Waals surface area contributed by atoms with Crippen molar-refractivity contribution in [2.75, 3.05) is 12.4 Å². The number of amides is 1. The topological polar surface area (TPSA) is 55.4 Å². The van der Waals surface area contributed by atoms with E-state index in [2.05, 4.69) is 32.6 Å². The molecule has 0 aromatic heterocycles. The average molecular weight is 319 g/mol. The number of nitrogens with one attached hydrogen (secondary N) is 1. The Kier molecular flexibility index (Phi) is 4.07. The second-order valence-electron chi connectivity index (χ2n) is 2.86. The zero-order chi connectivity index (χ0) is 11.4. The van der Waals surface area contributed by atoms with E-state index in [9.17, 15) is 9.59 Å². The third-order valence-corrected chi connectivity index (χ3v) is 2.37. The molecule has 1 amide bonds. The summed E-state index contributed by atoms with van der Waals surface area (Å²) in [6.45, 7) is 1.39. The van der Waals surface area contributed by atoms with Crippen LogP contribution in [0.1, 0.15) is 17.3 Å². The monoisotopic (exact) mass is 319 g/mol. The highest BCUT2D eigenvalue weighted by molar-refractivity contribution is 14.1. The molecule has 1 N–H and O–H groups in total. The molecule has 0 heterocycles. The second kappa shape index (κ2) is 5.11. The van der Waals surface area contributed by atoms with E-state index in [1.54, 1.807) is 18.2 Å². The van der Waals surface area contributed by atoms with Crippen molar-refractivity contribution in [1.82, 2.24) is 0 Å². The fourth-order valence-electron chi connectivity index (χ4n) is 1.09. The summed E-state index contributed by atoms with van der Waals surface area (Å²) in [5, 5.41) is 2.57. The van der Waals surface area contributed by atoms with E-state index in [4.69, 9.17) is 0 Å². The lowest BCUT2D eigenvalue weighted by molar-refractivity contribution is -0.114. The van der Waals surface area contributed by atoms with Gasteiger partial charge in [-0.25, -0.2) is 4.79 Å². The van der Waals surface area contributed by atoms with Crippen LogP contribution in [-0.2, 0) is 9.53 Å². The van der Waals surface area contributed by atoms with E-state index in [-0.39, 0.29) is 5.91 Å². The molecule has 0 radical (unpaired) electrons. The zero-order valence-corrected chi connectivity index (χ0v) is 10.5. The Balaban J connectivity index is 3.14. The summed E-state index contributed by atoms with van der Waals surface area (Å²) in [4.78, 5) is 22.3. The smallest absolute Gasteiger partial charge is 0.340 e. The highest BCUT2D eigenvalue weighted by atomic mass is 127. The molecule has 0 aliphatic rings. The lowest BCUT2D eigenvalue weighted by Gasteiger charge is -2.08. The Morgan fingerprint density at radius 2 is 2.07 bits per heavy atom. The summed E-state index contributed by atoms with van der Waals surface area (Å²) < 4.78 is 5.52. The fraction of sp³-hybridized carbons (Fsp3) is 0.200. The lowest BCUT2D eigenvalue weighted by Crippen LogP contribution is -2.12. The van der Waals surface area contributed by atoms with Gasteiger partial charge in [0.25, 0.3) is 0 Å². The molecule has 0 saturated heterocycles. The van der Waals surface area contributed by atoms with E-state index in [0.717, 1.165) is 3.57 Å². The van der Waals surface area contributed by atoms with Crippen LogP contribution in [0.2, 0.25) is 0 Å². The number of hydrogen-bond acceptors (Lipinski definition) is 3. The number of ether oxygens (including phenoxy) is 1. The van der Waals surface area contributed by atoms with Crippen molar-refractivity contribution in [3.05, 3.63) is 27.3 Å². The van der Waals surface area contributed by atoms with Crippen LogP contribution in [-0.4, -0.2) is 19.0 Å². The molecule has 15 heavy (non-hydrogen) atoms. The highest BCUT2D eigenvalue weighted by Gasteiger charge is 2.12. The molecular formula is C10H10INO3. The van der Waals surface area contributed by atoms with Gasteiger partial charge in [-0.05, 0) is 40.8 Å². The Morgan fingerprint density at radius 3 is 2.60 bits per heavy atom. The van der Waals surface area contributed by atoms with Crippen molar-refractivity contribution in [2.45, 2.75) is 6.92 Å². The number of anilines is 1. The van der Waals surface area contributed by atoms with Gasteiger partial charge in [0.2, 0.25) is 5.91 Å². The van der Waals surface area contributed by atoms with Gasteiger partial charge < -0.3 is 10.1 Å². The Labute approximate surface area is 101 Å². The summed E-state index contributed by atoms with van der Waals surface area (Å²) >= 11 is 2.08. The number of benzene rings is 1. The molecule has 0 bridgehead atoms. The molecule has 5 heteroatoms. The van der Waals surface area contributed by atoms with E-state index in [1.165, 1.54) is 14.0 Å². The van der Waals surface area contributed by atoms with Crippen LogP contribution in [0, 0.1) is 3.57 Å². The minimum atomic E-state index is -0.461. The molecular weight excluding hydrogens is 309 g/mol. The molecule has 0 unspecified atom stereocenters. The van der Waals surface area contributed by atoms with Crippen LogP contribution >= 0.6 is 22.6 Å². The maximum Gasteiger partial charge on any atom is 0.340 e. The summed E-state index contributed by atoms with van der Waals surface area (Å²) in [7, 11) is 1.31. The van der Waals surface area contributed by atoms with Gasteiger partial charge in [0.1, 0.15) is 0 Å². The molecule has 1 aromatic carbocycles. The molecule has 0 aliphatic carbocycles. The van der Waals surface area contributed by atoms with Crippen molar-refractivity contribution in [3.63, 3.8) is 0 Å². The van der Waals surface area contributed by atoms with Crippen molar-refractivity contribution in [1.29, 1.82) is 0 Å². The van der Waals surface area contributed by atoms with Gasteiger partial charge in [-0.3, -0.25) is 4.79 Å². The first kappa shape index (κ1) is 12.0. The van der Waals surface area contributed by atoms with Gasteiger partial charge in [-0.1, -0.05) is 0 Å². The van der Waals surface area contributed by atoms with Crippen LogP contribution in [0.15, 0.2) is 18.2 Å². The predicted octanol–water partition coefficient (Wildman–Crippen LogP) is 2.04. The highest BCUT2D eigenvalue weighted by Crippen LogP contribution is 2.19. The first-order valence-corrected chi connectivity index (χ1v) is 5.28. The molecule has 0 saturated carbocycles. The van der Waals surface area contributed by atoms with E-state index >= 15 is 0 Å². The van der Waals surface area contributed by atoms with Gasteiger partial charge in [-0.15, -0.1) is 0 Å². The van der Waals surface area contributed by atoms with Crippen LogP contribution in [0.4, 0.5) is 5.69 Å². The lowest BCUT2D eigenvalue weighted by atomic mass is 10.2. The molecule has 1 aromatic rings. The maximum absolute atomic E-state index is 11.4. The second-order valence-corrected chi connectivity index (χ2v) is 4.11. The number of rotatable bonds is 2. The molecule has 1 rings (SSSR count). The van der Waals surface area contributed by atoms with Gasteiger partial charge in [0, 0.05) is 10.5 Å². The van der Waals surface area contributed by atoms with E-state index in [0.29, 0.717) is 11.3 Å². The van der Waals surface area contributed by atoms with Gasteiger partial charge >= 0.3 is 5.97 Å². The first-order valence-electron chi connectivity index (χ1n) is 4.20. The molecule has 0 fully saturated rings. The van der Waals surface area contributed by atoms with Crippen molar-refractivity contribution in [3.8, 4) is 0 Å². The summed E-state index contributed by atoms with van der Waals surface area (Å²) in [5.74, 6) is -0.682. The van der Waals surface area contributed by atoms with Crippen LogP contribution in [0.3, 0.4) is 0 Å². The number of hydrogen-bond donors (Lipinski definition) is 1. The molecule has 4 nitrogen and oxygen atoms in total. The number of esters is 1. The SMILES string of the molecule is COC(=O)c1cc(I)ccc1NC(C)=O. The number of methoxy groups -OCH3 is 1. The number of halogens is 1. The standard InChI is InChI=1S/C10H10INO3/c1-6(13)12-9-4-3-7(11)5-8(9)10(14)15-2/h3-5H,1-2H3,(H,12,13). The zero-order valence-electron chi connectivity index (χ0n) is 8.33. The summed E-state index contributed by atoms with van der Waals surface area (Å²) in [6, 6.07) is 5.14. The Morgan fingerprint density at radius 1 is 1.40 bits per heavy atom. The Hall–Kier alpha value is -1.11. The number of carbonyl (C=O) groups excluding carboxylic acids is 2. The molecule has 80 valence electrons. The van der Waals surface area contributed by atoms with Crippen molar-refractivity contribution >= 4 is 40.2 Å². The normalized spacial score (nSPS) is 9.53. The quantitative estimate of drug-likeness (QED) is 0.670. The third kappa shape index (κ3) is 3.19. The van der Waals surface area contributed by atoms with E-state index in [1.807, 2.05) is 0 Å². The molecule has 0 aliphatic heterocycles. The fourth-order valence-corrected chi connectivity index (χ4v) is 1.59. The van der Waals surface area contributed by atoms with E-state index < -0.39 is 5.97 Å². The largest absolute Gasteiger partial charge is 0.465 e. The summed E-state index contributed by atoms with van der Waals surface area (Å²) in [6.07, 6.45) is 0. The van der Waals surface area contributed by atoms with Crippen LogP contribution < -0.4 is 5.32 Å². The minimum absolute atomic E-state index is 0.221. The molecule has 0 atom stereocenters. The van der Waals surface area contributed by atoms with Gasteiger partial charge in [0.15, 0.2) is 0 Å². The minimum Gasteiger partial charge on any atom is -0.465 e. The average Bonchev–Trinajstić information content (AvgIpc) is 2.19. The maximum atomic E-state index is 11.4. The van der Waals surface area contributed by atoms with Crippen LogP contribution in [0.5, 0.6) is 0 Å². The number of carbonyl (C=O) groups is 2.